The van der Waals surface area contributed by atoms with Gasteiger partial charge >= 0.3 is 6.09 Å². The van der Waals surface area contributed by atoms with E-state index in [0.29, 0.717) is 18.1 Å². The predicted molar refractivity (Wildman–Crippen MR) is 90.2 cm³/mol. The van der Waals surface area contributed by atoms with E-state index in [2.05, 4.69) is 0 Å². The molecule has 6 nitrogen and oxygen atoms in total. The average molecular weight is 363 g/mol. The Morgan fingerprint density at radius 1 is 1.12 bits per heavy atom. The standard InChI is InChI=1S/C18H19ClN2O4/c19-13-5-3-12(4-6-13)18(7-1-2-8-18)16(23)20-9-14(10-20)21-15(22)11-25-17(21)24/h3-6,14H,1-2,7-11H2. The molecule has 7 heteroatoms. The van der Waals surface area contributed by atoms with Crippen molar-refractivity contribution in [2.75, 3.05) is 19.7 Å². The molecule has 2 saturated heterocycles. The van der Waals surface area contributed by atoms with E-state index < -0.39 is 11.5 Å². The number of likely N-dealkylation sites (tertiary alicyclic amines) is 1. The summed E-state index contributed by atoms with van der Waals surface area (Å²) >= 11 is 5.99. The van der Waals surface area contributed by atoms with E-state index in [1.165, 1.54) is 0 Å². The van der Waals surface area contributed by atoms with Crippen molar-refractivity contribution in [3.05, 3.63) is 34.9 Å². The minimum atomic E-state index is -0.602. The van der Waals surface area contributed by atoms with Gasteiger partial charge in [0.05, 0.1) is 11.5 Å². The lowest BCUT2D eigenvalue weighted by Crippen LogP contribution is -2.65. The monoisotopic (exact) mass is 362 g/mol. The second-order valence-electron chi connectivity index (χ2n) is 6.98. The first-order valence-corrected chi connectivity index (χ1v) is 8.93. The molecule has 1 aromatic carbocycles. The summed E-state index contributed by atoms with van der Waals surface area (Å²) in [6.45, 7) is 0.571. The lowest BCUT2D eigenvalue weighted by molar-refractivity contribution is -0.147. The molecule has 1 aromatic rings. The zero-order valence-corrected chi connectivity index (χ0v) is 14.5. The van der Waals surface area contributed by atoms with Crippen LogP contribution in [-0.4, -0.2) is 53.4 Å². The van der Waals surface area contributed by atoms with Gasteiger partial charge in [0, 0.05) is 18.1 Å². The first kappa shape index (κ1) is 16.4. The highest BCUT2D eigenvalue weighted by Crippen LogP contribution is 2.44. The molecule has 132 valence electrons. The van der Waals surface area contributed by atoms with Crippen LogP contribution in [0.25, 0.3) is 0 Å². The van der Waals surface area contributed by atoms with Crippen molar-refractivity contribution < 1.29 is 19.1 Å². The molecule has 2 heterocycles. The van der Waals surface area contributed by atoms with Crippen LogP contribution in [0.15, 0.2) is 24.3 Å². The minimum Gasteiger partial charge on any atom is -0.439 e. The van der Waals surface area contributed by atoms with Crippen molar-refractivity contribution in [1.29, 1.82) is 0 Å². The number of carbonyl (C=O) groups excluding carboxylic acids is 3. The molecule has 1 aliphatic carbocycles. The van der Waals surface area contributed by atoms with Gasteiger partial charge in [0.2, 0.25) is 5.91 Å². The van der Waals surface area contributed by atoms with Crippen molar-refractivity contribution in [2.24, 2.45) is 0 Å². The van der Waals surface area contributed by atoms with Gasteiger partial charge in [-0.3, -0.25) is 9.59 Å². The van der Waals surface area contributed by atoms with Crippen molar-refractivity contribution in [3.63, 3.8) is 0 Å². The van der Waals surface area contributed by atoms with Crippen molar-refractivity contribution >= 4 is 29.5 Å². The van der Waals surface area contributed by atoms with Crippen LogP contribution in [0.3, 0.4) is 0 Å². The third-order valence-corrected chi connectivity index (χ3v) is 5.81. The Balaban J connectivity index is 1.51. The second kappa shape index (κ2) is 6.02. The van der Waals surface area contributed by atoms with E-state index in [1.807, 2.05) is 24.3 Å². The van der Waals surface area contributed by atoms with E-state index in [4.69, 9.17) is 16.3 Å². The summed E-state index contributed by atoms with van der Waals surface area (Å²) < 4.78 is 4.75. The van der Waals surface area contributed by atoms with Crippen molar-refractivity contribution in [2.45, 2.75) is 37.1 Å². The Hall–Kier alpha value is -2.08. The maximum absolute atomic E-state index is 13.2. The smallest absolute Gasteiger partial charge is 0.417 e. The molecule has 1 saturated carbocycles. The Kier molecular flexibility index (Phi) is 3.95. The van der Waals surface area contributed by atoms with E-state index in [0.717, 1.165) is 36.1 Å². The van der Waals surface area contributed by atoms with Crippen LogP contribution >= 0.6 is 11.6 Å². The molecule has 3 fully saturated rings. The van der Waals surface area contributed by atoms with Gasteiger partial charge in [-0.15, -0.1) is 0 Å². The lowest BCUT2D eigenvalue weighted by Gasteiger charge is -2.46. The van der Waals surface area contributed by atoms with Gasteiger partial charge in [-0.2, -0.15) is 0 Å². The molecule has 0 atom stereocenters. The van der Waals surface area contributed by atoms with Gasteiger partial charge in [0.1, 0.15) is 0 Å². The number of halogens is 1. The van der Waals surface area contributed by atoms with Gasteiger partial charge in [-0.05, 0) is 30.5 Å². The summed E-state index contributed by atoms with van der Waals surface area (Å²) in [5.41, 5.74) is 0.491. The predicted octanol–water partition coefficient (Wildman–Crippen LogP) is 2.34. The molecule has 3 aliphatic rings. The van der Waals surface area contributed by atoms with Gasteiger partial charge in [0.15, 0.2) is 6.61 Å². The summed E-state index contributed by atoms with van der Waals surface area (Å²) in [5.74, 6) is -0.237. The van der Waals surface area contributed by atoms with Crippen LogP contribution < -0.4 is 0 Å². The molecule has 4 rings (SSSR count). The fraction of sp³-hybridized carbons (Fsp3) is 0.500. The fourth-order valence-electron chi connectivity index (χ4n) is 4.18. The number of amides is 3. The summed E-state index contributed by atoms with van der Waals surface area (Å²) in [6.07, 6.45) is 3.07. The van der Waals surface area contributed by atoms with Gasteiger partial charge < -0.3 is 9.64 Å². The first-order chi connectivity index (χ1) is 12.0. The topological polar surface area (TPSA) is 66.9 Å². The highest BCUT2D eigenvalue weighted by atomic mass is 35.5. The number of benzene rings is 1. The number of ether oxygens (including phenoxy) is 1. The highest BCUT2D eigenvalue weighted by molar-refractivity contribution is 6.30. The molecule has 25 heavy (non-hydrogen) atoms. The lowest BCUT2D eigenvalue weighted by atomic mass is 9.76. The number of nitrogens with zero attached hydrogens (tertiary/aromatic N) is 2. The highest BCUT2D eigenvalue weighted by Gasteiger charge is 2.50. The number of rotatable bonds is 3. The maximum atomic E-state index is 13.2. The van der Waals surface area contributed by atoms with Crippen molar-refractivity contribution in [3.8, 4) is 0 Å². The zero-order chi connectivity index (χ0) is 17.6. The zero-order valence-electron chi connectivity index (χ0n) is 13.7. The second-order valence-corrected chi connectivity index (χ2v) is 7.41. The fourth-order valence-corrected chi connectivity index (χ4v) is 4.30. The molecule has 0 N–H and O–H groups in total. The third-order valence-electron chi connectivity index (χ3n) is 5.56. The maximum Gasteiger partial charge on any atom is 0.417 e. The van der Waals surface area contributed by atoms with Crippen LogP contribution in [0, 0.1) is 0 Å². The molecule has 0 radical (unpaired) electrons. The molecule has 3 amide bonds. The van der Waals surface area contributed by atoms with E-state index in [9.17, 15) is 14.4 Å². The number of hydrogen-bond acceptors (Lipinski definition) is 4. The number of carbonyl (C=O) groups is 3. The Morgan fingerprint density at radius 3 is 2.32 bits per heavy atom. The van der Waals surface area contributed by atoms with E-state index in [1.54, 1.807) is 4.90 Å². The summed E-state index contributed by atoms with van der Waals surface area (Å²) in [7, 11) is 0. The van der Waals surface area contributed by atoms with Crippen LogP contribution in [0.1, 0.15) is 31.2 Å². The first-order valence-electron chi connectivity index (χ1n) is 8.55. The van der Waals surface area contributed by atoms with Gasteiger partial charge in [-0.1, -0.05) is 36.6 Å². The summed E-state index contributed by atoms with van der Waals surface area (Å²) in [6, 6.07) is 7.24. The van der Waals surface area contributed by atoms with E-state index >= 15 is 0 Å². The number of hydrogen-bond donors (Lipinski definition) is 0. The minimum absolute atomic E-state index is 0.0867. The SMILES string of the molecule is O=C1COC(=O)N1C1CN(C(=O)C2(c3ccc(Cl)cc3)CCCC2)C1. The van der Waals surface area contributed by atoms with Crippen LogP contribution in [0.5, 0.6) is 0 Å². The van der Waals surface area contributed by atoms with Crippen molar-refractivity contribution in [1.82, 2.24) is 9.80 Å². The van der Waals surface area contributed by atoms with Gasteiger partial charge in [0.25, 0.3) is 5.91 Å². The summed E-state index contributed by atoms with van der Waals surface area (Å²) in [4.78, 5) is 39.5. The average Bonchev–Trinajstić information content (AvgIpc) is 3.17. The Labute approximate surface area is 150 Å². The molecular formula is C18H19ClN2O4. The molecule has 0 unspecified atom stereocenters. The molecule has 0 spiro atoms. The van der Waals surface area contributed by atoms with Crippen LogP contribution in [-0.2, 0) is 19.7 Å². The Bertz CT molecular complexity index is 705. The quantitative estimate of drug-likeness (QED) is 0.827. The summed E-state index contributed by atoms with van der Waals surface area (Å²) in [5, 5.41) is 0.652. The van der Waals surface area contributed by atoms with Crippen LogP contribution in [0.2, 0.25) is 5.02 Å². The van der Waals surface area contributed by atoms with Crippen LogP contribution in [0.4, 0.5) is 4.79 Å². The molecular weight excluding hydrogens is 344 g/mol. The number of cyclic esters (lactones) is 1. The Morgan fingerprint density at radius 2 is 1.76 bits per heavy atom. The normalized spacial score (nSPS) is 22.9. The number of imide groups is 1. The largest absolute Gasteiger partial charge is 0.439 e. The third kappa shape index (κ3) is 2.59. The van der Waals surface area contributed by atoms with E-state index in [-0.39, 0.29) is 24.5 Å². The molecule has 0 bridgehead atoms. The molecule has 2 aliphatic heterocycles. The molecule has 0 aromatic heterocycles. The van der Waals surface area contributed by atoms with Gasteiger partial charge in [-0.25, -0.2) is 9.69 Å².